The van der Waals surface area contributed by atoms with Crippen LogP contribution in [0.5, 0.6) is 0 Å². The zero-order valence-corrected chi connectivity index (χ0v) is 15.2. The lowest BCUT2D eigenvalue weighted by Gasteiger charge is -2.34. The Balaban J connectivity index is 1.89. The van der Waals surface area contributed by atoms with Crippen molar-refractivity contribution in [2.45, 2.75) is 16.5 Å². The molecule has 26 heavy (non-hydrogen) atoms. The maximum Gasteiger partial charge on any atom is 0.416 e. The Bertz CT molecular complexity index is 886. The molecule has 2 heterocycles. The number of hydrogen-bond donors (Lipinski definition) is 0. The third kappa shape index (κ3) is 4.49. The van der Waals surface area contributed by atoms with Gasteiger partial charge in [-0.1, -0.05) is 11.8 Å². The van der Waals surface area contributed by atoms with Crippen molar-refractivity contribution in [1.82, 2.24) is 4.98 Å². The Morgan fingerprint density at radius 1 is 1.27 bits per heavy atom. The van der Waals surface area contributed by atoms with Crippen LogP contribution in [0.25, 0.3) is 0 Å². The summed E-state index contributed by atoms with van der Waals surface area (Å²) in [4.78, 5) is 6.10. The number of pyridine rings is 1. The van der Waals surface area contributed by atoms with Gasteiger partial charge in [0, 0.05) is 18.4 Å². The summed E-state index contributed by atoms with van der Waals surface area (Å²) in [7, 11) is -3.58. The lowest BCUT2D eigenvalue weighted by molar-refractivity contribution is -0.137. The minimum atomic E-state index is -4.40. The number of alkyl halides is 3. The monoisotopic (exact) mass is 404 g/mol. The molecule has 10 heteroatoms. The Morgan fingerprint density at radius 3 is 2.58 bits per heavy atom. The van der Waals surface area contributed by atoms with Crippen molar-refractivity contribution in [3.05, 3.63) is 48.2 Å². The largest absolute Gasteiger partial charge is 0.416 e. The van der Waals surface area contributed by atoms with E-state index >= 15 is 0 Å². The first-order valence-electron chi connectivity index (χ1n) is 7.54. The molecule has 0 radical (unpaired) electrons. The number of nitrogens with zero attached hydrogens (tertiary/aromatic N) is 2. The van der Waals surface area contributed by atoms with Crippen LogP contribution in [0, 0.1) is 0 Å². The summed E-state index contributed by atoms with van der Waals surface area (Å²) >= 11 is 1.38. The summed E-state index contributed by atoms with van der Waals surface area (Å²) in [5.74, 6) is 0. The van der Waals surface area contributed by atoms with E-state index in [0.717, 1.165) is 24.1 Å². The van der Waals surface area contributed by atoms with Crippen LogP contribution in [0.2, 0.25) is 0 Å². The van der Waals surface area contributed by atoms with Gasteiger partial charge in [0.2, 0.25) is 0 Å². The summed E-state index contributed by atoms with van der Waals surface area (Å²) in [6, 6.07) is 8.39. The average molecular weight is 404 g/mol. The minimum Gasteiger partial charge on any atom is -0.338 e. The van der Waals surface area contributed by atoms with E-state index in [9.17, 15) is 21.6 Å². The van der Waals surface area contributed by atoms with E-state index in [1.54, 1.807) is 12.3 Å². The number of benzene rings is 1. The molecule has 0 saturated carbocycles. The molecular weight excluding hydrogens is 389 g/mol. The van der Waals surface area contributed by atoms with Crippen molar-refractivity contribution < 1.29 is 25.8 Å². The molecule has 140 valence electrons. The number of anilines is 2. The van der Waals surface area contributed by atoms with Crippen molar-refractivity contribution in [2.75, 3.05) is 24.3 Å². The van der Waals surface area contributed by atoms with Crippen LogP contribution in [0.3, 0.4) is 0 Å². The van der Waals surface area contributed by atoms with Gasteiger partial charge >= 0.3 is 6.18 Å². The van der Waals surface area contributed by atoms with Crippen LogP contribution in [-0.4, -0.2) is 38.1 Å². The van der Waals surface area contributed by atoms with Crippen LogP contribution in [0.15, 0.2) is 47.6 Å². The SMILES string of the molecule is CS(=O)(=O)OCC1CN(c2ccc(C(F)(F)F)cc2)c2cccnc2S1. The maximum atomic E-state index is 12.8. The van der Waals surface area contributed by atoms with Gasteiger partial charge in [-0.25, -0.2) is 4.98 Å². The quantitative estimate of drug-likeness (QED) is 0.725. The van der Waals surface area contributed by atoms with E-state index in [-0.39, 0.29) is 11.9 Å². The fourth-order valence-electron chi connectivity index (χ4n) is 2.54. The predicted molar refractivity (Wildman–Crippen MR) is 93.1 cm³/mol. The predicted octanol–water partition coefficient (Wildman–Crippen LogP) is 3.69. The minimum absolute atomic E-state index is 0.0450. The second-order valence-electron chi connectivity index (χ2n) is 5.71. The molecule has 0 aliphatic carbocycles. The van der Waals surface area contributed by atoms with Gasteiger partial charge in [0.15, 0.2) is 0 Å². The van der Waals surface area contributed by atoms with Crippen LogP contribution in [0.1, 0.15) is 5.56 Å². The highest BCUT2D eigenvalue weighted by atomic mass is 32.2. The molecule has 3 rings (SSSR count). The summed E-state index contributed by atoms with van der Waals surface area (Å²) in [5.41, 5.74) is 0.598. The molecular formula is C16H15F3N2O3S2. The molecule has 1 aliphatic heterocycles. The number of rotatable bonds is 4. The third-order valence-electron chi connectivity index (χ3n) is 3.68. The van der Waals surface area contributed by atoms with Gasteiger partial charge in [-0.05, 0) is 36.4 Å². The first-order chi connectivity index (χ1) is 12.1. The van der Waals surface area contributed by atoms with Gasteiger partial charge in [0.1, 0.15) is 5.03 Å². The van der Waals surface area contributed by atoms with E-state index in [1.165, 1.54) is 23.9 Å². The highest BCUT2D eigenvalue weighted by Crippen LogP contribution is 2.41. The number of fused-ring (bicyclic) bond motifs is 1. The molecule has 0 fully saturated rings. The Labute approximate surface area is 153 Å². The number of aromatic nitrogens is 1. The van der Waals surface area contributed by atoms with Crippen molar-refractivity contribution in [3.8, 4) is 0 Å². The third-order valence-corrected chi connectivity index (χ3v) is 5.40. The molecule has 1 aromatic heterocycles. The normalized spacial score (nSPS) is 17.8. The Hall–Kier alpha value is -1.78. The van der Waals surface area contributed by atoms with Crippen LogP contribution in [0.4, 0.5) is 24.5 Å². The van der Waals surface area contributed by atoms with Gasteiger partial charge in [0.25, 0.3) is 10.1 Å². The van der Waals surface area contributed by atoms with Gasteiger partial charge in [-0.15, -0.1) is 0 Å². The number of hydrogen-bond acceptors (Lipinski definition) is 6. The Kier molecular flexibility index (Phi) is 5.18. The van der Waals surface area contributed by atoms with E-state index in [1.807, 2.05) is 11.0 Å². The molecule has 0 bridgehead atoms. The lowest BCUT2D eigenvalue weighted by Crippen LogP contribution is -2.34. The second kappa shape index (κ2) is 7.09. The summed E-state index contributed by atoms with van der Waals surface area (Å²) in [5, 5.41) is 0.426. The molecule has 0 N–H and O–H groups in total. The van der Waals surface area contributed by atoms with Gasteiger partial charge in [0.05, 0.1) is 29.4 Å². The van der Waals surface area contributed by atoms with Crippen molar-refractivity contribution >= 4 is 33.3 Å². The van der Waals surface area contributed by atoms with Crippen molar-refractivity contribution in [2.24, 2.45) is 0 Å². The summed E-state index contributed by atoms with van der Waals surface area (Å²) in [6.45, 7) is 0.334. The van der Waals surface area contributed by atoms with E-state index in [0.29, 0.717) is 17.3 Å². The summed E-state index contributed by atoms with van der Waals surface area (Å²) in [6.07, 6.45) is -1.82. The fraction of sp³-hybridized carbons (Fsp3) is 0.312. The van der Waals surface area contributed by atoms with Crippen LogP contribution in [-0.2, 0) is 20.5 Å². The summed E-state index contributed by atoms with van der Waals surface area (Å²) < 4.78 is 65.7. The van der Waals surface area contributed by atoms with Crippen LogP contribution >= 0.6 is 11.8 Å². The molecule has 1 unspecified atom stereocenters. The van der Waals surface area contributed by atoms with E-state index in [4.69, 9.17) is 4.18 Å². The average Bonchev–Trinajstić information content (AvgIpc) is 2.58. The first kappa shape index (κ1) is 19.0. The molecule has 1 atom stereocenters. The highest BCUT2D eigenvalue weighted by Gasteiger charge is 2.31. The number of thioether (sulfide) groups is 1. The zero-order chi connectivity index (χ0) is 18.9. The number of halogens is 3. The molecule has 5 nitrogen and oxygen atoms in total. The molecule has 0 amide bonds. The van der Waals surface area contributed by atoms with Gasteiger partial charge in [-0.3, -0.25) is 4.18 Å². The van der Waals surface area contributed by atoms with Gasteiger partial charge in [-0.2, -0.15) is 21.6 Å². The fourth-order valence-corrected chi connectivity index (χ4v) is 4.13. The second-order valence-corrected chi connectivity index (χ2v) is 8.64. The topological polar surface area (TPSA) is 59.5 Å². The van der Waals surface area contributed by atoms with Crippen molar-refractivity contribution in [1.29, 1.82) is 0 Å². The maximum absolute atomic E-state index is 12.8. The van der Waals surface area contributed by atoms with Crippen LogP contribution < -0.4 is 4.90 Å². The molecule has 0 spiro atoms. The lowest BCUT2D eigenvalue weighted by atomic mass is 10.1. The van der Waals surface area contributed by atoms with E-state index < -0.39 is 21.9 Å². The van der Waals surface area contributed by atoms with Crippen molar-refractivity contribution in [3.63, 3.8) is 0 Å². The Morgan fingerprint density at radius 2 is 1.96 bits per heavy atom. The molecule has 2 aromatic rings. The standard InChI is InChI=1S/C16H15F3N2O3S2/c1-26(22,23)24-10-13-9-21(14-3-2-8-20-15(14)25-13)12-6-4-11(5-7-12)16(17,18)19/h2-8,13H,9-10H2,1H3. The molecule has 0 saturated heterocycles. The van der Waals surface area contributed by atoms with Gasteiger partial charge < -0.3 is 4.90 Å². The highest BCUT2D eigenvalue weighted by molar-refractivity contribution is 8.00. The first-order valence-corrected chi connectivity index (χ1v) is 10.2. The van der Waals surface area contributed by atoms with E-state index in [2.05, 4.69) is 4.98 Å². The zero-order valence-electron chi connectivity index (χ0n) is 13.6. The molecule has 1 aromatic carbocycles. The smallest absolute Gasteiger partial charge is 0.338 e. The molecule has 1 aliphatic rings.